The van der Waals surface area contributed by atoms with Crippen molar-refractivity contribution in [2.45, 2.75) is 6.61 Å². The number of nitrogens with one attached hydrogen (secondary N) is 1. The third-order valence-electron chi connectivity index (χ3n) is 2.63. The molecule has 0 bridgehead atoms. The van der Waals surface area contributed by atoms with Crippen molar-refractivity contribution in [1.29, 1.82) is 0 Å². The Morgan fingerprint density at radius 1 is 1.25 bits per heavy atom. The van der Waals surface area contributed by atoms with Crippen LogP contribution in [-0.2, 0) is 6.61 Å². The van der Waals surface area contributed by atoms with Gasteiger partial charge in [-0.1, -0.05) is 17.7 Å². The van der Waals surface area contributed by atoms with E-state index in [1.54, 1.807) is 36.4 Å². The van der Waals surface area contributed by atoms with Gasteiger partial charge in [-0.05, 0) is 35.9 Å². The van der Waals surface area contributed by atoms with Crippen molar-refractivity contribution in [2.75, 3.05) is 5.43 Å². The maximum absolute atomic E-state index is 10.9. The number of rotatable bonds is 5. The molecule has 0 fully saturated rings. The SMILES string of the molecule is NNc1ccc(COc2ccc(Cl)cc2)cc1[N+](=O)[O-]. The second-order valence-electron chi connectivity index (χ2n) is 4.00. The Hall–Kier alpha value is -2.31. The van der Waals surface area contributed by atoms with Crippen molar-refractivity contribution < 1.29 is 9.66 Å². The minimum atomic E-state index is -0.499. The molecular formula is C13H12ClN3O3. The van der Waals surface area contributed by atoms with Crippen molar-refractivity contribution in [3.63, 3.8) is 0 Å². The molecule has 20 heavy (non-hydrogen) atoms. The lowest BCUT2D eigenvalue weighted by Gasteiger charge is -2.08. The van der Waals surface area contributed by atoms with Gasteiger partial charge in [0.05, 0.1) is 4.92 Å². The monoisotopic (exact) mass is 293 g/mol. The van der Waals surface area contributed by atoms with E-state index in [0.29, 0.717) is 16.3 Å². The van der Waals surface area contributed by atoms with Crippen molar-refractivity contribution in [3.05, 3.63) is 63.2 Å². The maximum atomic E-state index is 10.9. The number of halogens is 1. The van der Waals surface area contributed by atoms with Crippen LogP contribution in [0.3, 0.4) is 0 Å². The van der Waals surface area contributed by atoms with E-state index in [1.165, 1.54) is 6.07 Å². The molecule has 0 aliphatic carbocycles. The number of hydrazine groups is 1. The number of benzene rings is 2. The molecule has 0 saturated carbocycles. The zero-order valence-electron chi connectivity index (χ0n) is 10.4. The van der Waals surface area contributed by atoms with Gasteiger partial charge >= 0.3 is 0 Å². The van der Waals surface area contributed by atoms with Gasteiger partial charge in [0.2, 0.25) is 0 Å². The molecule has 6 nitrogen and oxygen atoms in total. The van der Waals surface area contributed by atoms with E-state index in [0.717, 1.165) is 0 Å². The maximum Gasteiger partial charge on any atom is 0.294 e. The molecule has 2 rings (SSSR count). The van der Waals surface area contributed by atoms with Gasteiger partial charge in [0, 0.05) is 11.1 Å². The highest BCUT2D eigenvalue weighted by Gasteiger charge is 2.13. The summed E-state index contributed by atoms with van der Waals surface area (Å²) in [4.78, 5) is 10.4. The third kappa shape index (κ3) is 3.37. The fraction of sp³-hybridized carbons (Fsp3) is 0.0769. The summed E-state index contributed by atoms with van der Waals surface area (Å²) < 4.78 is 5.52. The number of hydrogen-bond donors (Lipinski definition) is 2. The number of nitro groups is 1. The number of hydrogen-bond acceptors (Lipinski definition) is 5. The van der Waals surface area contributed by atoms with Crippen LogP contribution in [-0.4, -0.2) is 4.92 Å². The Kier molecular flexibility index (Phi) is 4.39. The third-order valence-corrected chi connectivity index (χ3v) is 2.89. The summed E-state index contributed by atoms with van der Waals surface area (Å²) in [5.74, 6) is 5.86. The summed E-state index contributed by atoms with van der Waals surface area (Å²) >= 11 is 5.77. The van der Waals surface area contributed by atoms with Crippen LogP contribution >= 0.6 is 11.6 Å². The van der Waals surface area contributed by atoms with Crippen LogP contribution < -0.4 is 16.0 Å². The average Bonchev–Trinajstić information content (AvgIpc) is 2.46. The number of nitrogen functional groups attached to an aromatic ring is 1. The van der Waals surface area contributed by atoms with Crippen LogP contribution in [0.1, 0.15) is 5.56 Å². The van der Waals surface area contributed by atoms with Crippen LogP contribution in [0.15, 0.2) is 42.5 Å². The van der Waals surface area contributed by atoms with Crippen molar-refractivity contribution >= 4 is 23.0 Å². The molecule has 104 valence electrons. The van der Waals surface area contributed by atoms with E-state index in [2.05, 4.69) is 5.43 Å². The highest BCUT2D eigenvalue weighted by molar-refractivity contribution is 6.30. The molecule has 0 radical (unpaired) electrons. The van der Waals surface area contributed by atoms with Crippen LogP contribution in [0.25, 0.3) is 0 Å². The molecule has 2 aromatic carbocycles. The molecule has 3 N–H and O–H groups in total. The van der Waals surface area contributed by atoms with Crippen LogP contribution in [0.2, 0.25) is 5.02 Å². The van der Waals surface area contributed by atoms with Gasteiger partial charge in [-0.3, -0.25) is 16.0 Å². The first-order valence-electron chi connectivity index (χ1n) is 5.72. The molecule has 0 spiro atoms. The molecule has 7 heteroatoms. The molecule has 0 amide bonds. The lowest BCUT2D eigenvalue weighted by molar-refractivity contribution is -0.384. The Balaban J connectivity index is 2.11. The highest BCUT2D eigenvalue weighted by Crippen LogP contribution is 2.25. The smallest absolute Gasteiger partial charge is 0.294 e. The number of nitrogens with two attached hydrogens (primary N) is 1. The van der Waals surface area contributed by atoms with Gasteiger partial charge in [-0.25, -0.2) is 0 Å². The fourth-order valence-electron chi connectivity index (χ4n) is 1.64. The number of nitro benzene ring substituents is 1. The number of ether oxygens (including phenoxy) is 1. The second-order valence-corrected chi connectivity index (χ2v) is 4.43. The Labute approximate surface area is 120 Å². The van der Waals surface area contributed by atoms with Crippen molar-refractivity contribution in [3.8, 4) is 5.75 Å². The first-order chi connectivity index (χ1) is 9.60. The van der Waals surface area contributed by atoms with E-state index in [-0.39, 0.29) is 18.0 Å². The van der Waals surface area contributed by atoms with Crippen LogP contribution in [0.4, 0.5) is 11.4 Å². The minimum absolute atomic E-state index is 0.0929. The summed E-state index contributed by atoms with van der Waals surface area (Å²) in [5, 5.41) is 11.5. The second kappa shape index (κ2) is 6.23. The quantitative estimate of drug-likeness (QED) is 0.502. The van der Waals surface area contributed by atoms with Gasteiger partial charge in [0.1, 0.15) is 18.0 Å². The molecule has 0 heterocycles. The molecule has 0 atom stereocenters. The van der Waals surface area contributed by atoms with Crippen molar-refractivity contribution in [2.24, 2.45) is 5.84 Å². The fourth-order valence-corrected chi connectivity index (χ4v) is 1.76. The Morgan fingerprint density at radius 3 is 2.55 bits per heavy atom. The molecule has 2 aromatic rings. The van der Waals surface area contributed by atoms with Gasteiger partial charge < -0.3 is 10.2 Å². The zero-order valence-corrected chi connectivity index (χ0v) is 11.1. The lowest BCUT2D eigenvalue weighted by atomic mass is 10.2. The van der Waals surface area contributed by atoms with Gasteiger partial charge in [-0.15, -0.1) is 0 Å². The van der Waals surface area contributed by atoms with E-state index in [1.807, 2.05) is 0 Å². The summed E-state index contributed by atoms with van der Waals surface area (Å²) in [6, 6.07) is 11.5. The van der Waals surface area contributed by atoms with Gasteiger partial charge in [-0.2, -0.15) is 0 Å². The van der Waals surface area contributed by atoms with Gasteiger partial charge in [0.15, 0.2) is 0 Å². The van der Waals surface area contributed by atoms with E-state index >= 15 is 0 Å². The summed E-state index contributed by atoms with van der Waals surface area (Å²) in [6.07, 6.45) is 0. The number of nitrogens with zero attached hydrogens (tertiary/aromatic N) is 1. The molecule has 0 saturated heterocycles. The van der Waals surface area contributed by atoms with E-state index in [9.17, 15) is 10.1 Å². The molecule has 0 aromatic heterocycles. The highest BCUT2D eigenvalue weighted by atomic mass is 35.5. The standard InChI is InChI=1S/C13H12ClN3O3/c14-10-2-4-11(5-3-10)20-8-9-1-6-12(16-15)13(7-9)17(18)19/h1-7,16H,8,15H2. The van der Waals surface area contributed by atoms with Crippen LogP contribution in [0.5, 0.6) is 5.75 Å². The van der Waals surface area contributed by atoms with E-state index < -0.39 is 4.92 Å². The molecule has 0 aliphatic rings. The lowest BCUT2D eigenvalue weighted by Crippen LogP contribution is -2.09. The Bertz CT molecular complexity index is 617. The van der Waals surface area contributed by atoms with Gasteiger partial charge in [0.25, 0.3) is 5.69 Å². The topological polar surface area (TPSA) is 90.4 Å². The normalized spacial score (nSPS) is 10.1. The molecule has 0 unspecified atom stereocenters. The summed E-state index contributed by atoms with van der Waals surface area (Å²) in [5.41, 5.74) is 3.12. The Morgan fingerprint density at radius 2 is 1.95 bits per heavy atom. The molecular weight excluding hydrogens is 282 g/mol. The number of anilines is 1. The van der Waals surface area contributed by atoms with E-state index in [4.69, 9.17) is 22.2 Å². The predicted octanol–water partition coefficient (Wildman–Crippen LogP) is 3.11. The zero-order chi connectivity index (χ0) is 14.5. The minimum Gasteiger partial charge on any atom is -0.489 e. The first-order valence-corrected chi connectivity index (χ1v) is 6.10. The largest absolute Gasteiger partial charge is 0.489 e. The summed E-state index contributed by atoms with van der Waals surface area (Å²) in [6.45, 7) is 0.216. The first kappa shape index (κ1) is 14.1. The predicted molar refractivity (Wildman–Crippen MR) is 76.7 cm³/mol. The van der Waals surface area contributed by atoms with Crippen molar-refractivity contribution in [1.82, 2.24) is 0 Å². The summed E-state index contributed by atoms with van der Waals surface area (Å²) in [7, 11) is 0. The molecule has 0 aliphatic heterocycles. The average molecular weight is 294 g/mol. The van der Waals surface area contributed by atoms with Crippen LogP contribution in [0, 0.1) is 10.1 Å².